The molecule has 0 heterocycles. The van der Waals surface area contributed by atoms with Gasteiger partial charge in [0.1, 0.15) is 5.75 Å². The van der Waals surface area contributed by atoms with Crippen LogP contribution in [0, 0.1) is 6.92 Å². The molecule has 0 aromatic heterocycles. The van der Waals surface area contributed by atoms with Crippen LogP contribution < -0.4 is 4.74 Å². The molecule has 1 fully saturated rings. The molecule has 0 radical (unpaired) electrons. The van der Waals surface area contributed by atoms with E-state index in [1.807, 2.05) is 25.1 Å². The largest absolute Gasteiger partial charge is 0.496 e. The predicted molar refractivity (Wildman–Crippen MR) is 76.8 cm³/mol. The van der Waals surface area contributed by atoms with Gasteiger partial charge in [-0.3, -0.25) is 4.79 Å². The van der Waals surface area contributed by atoms with Gasteiger partial charge in [-0.15, -0.1) is 0 Å². The van der Waals surface area contributed by atoms with Gasteiger partial charge in [0.25, 0.3) is 0 Å². The average molecular weight is 264 g/mol. The number of benzene rings is 1. The van der Waals surface area contributed by atoms with Crippen molar-refractivity contribution in [3.8, 4) is 5.75 Å². The van der Waals surface area contributed by atoms with Crippen molar-refractivity contribution in [1.82, 2.24) is 0 Å². The number of ketones is 1. The predicted octanol–water partition coefficient (Wildman–Crippen LogP) is 3.86. The minimum Gasteiger partial charge on any atom is -0.496 e. The number of hydrogen-bond acceptors (Lipinski definition) is 3. The summed E-state index contributed by atoms with van der Waals surface area (Å²) < 4.78 is 5.29. The second-order valence-corrected chi connectivity index (χ2v) is 6.13. The van der Waals surface area contributed by atoms with Crippen molar-refractivity contribution in [2.45, 2.75) is 37.9 Å². The summed E-state index contributed by atoms with van der Waals surface area (Å²) in [5.41, 5.74) is 1.83. The Morgan fingerprint density at radius 1 is 1.39 bits per heavy atom. The molecule has 2 nitrogen and oxygen atoms in total. The zero-order valence-corrected chi connectivity index (χ0v) is 11.9. The highest BCUT2D eigenvalue weighted by atomic mass is 32.2. The van der Waals surface area contributed by atoms with Crippen molar-refractivity contribution in [1.29, 1.82) is 0 Å². The van der Waals surface area contributed by atoms with Crippen LogP contribution in [0.2, 0.25) is 0 Å². The van der Waals surface area contributed by atoms with Gasteiger partial charge in [-0.2, -0.15) is 11.8 Å². The van der Waals surface area contributed by atoms with Crippen molar-refractivity contribution < 1.29 is 9.53 Å². The summed E-state index contributed by atoms with van der Waals surface area (Å²) in [6.07, 6.45) is 5.17. The number of thioether (sulfide) groups is 1. The molecule has 0 aliphatic heterocycles. The van der Waals surface area contributed by atoms with Gasteiger partial charge in [-0.1, -0.05) is 18.9 Å². The Bertz CT molecular complexity index is 423. The smallest absolute Gasteiger partial charge is 0.176 e. The summed E-state index contributed by atoms with van der Waals surface area (Å²) in [7, 11) is 1.62. The van der Waals surface area contributed by atoms with E-state index in [0.29, 0.717) is 22.3 Å². The molecule has 1 saturated carbocycles. The summed E-state index contributed by atoms with van der Waals surface area (Å²) in [6.45, 7) is 2.00. The van der Waals surface area contributed by atoms with E-state index < -0.39 is 0 Å². The molecule has 1 aliphatic carbocycles. The Morgan fingerprint density at radius 3 is 2.78 bits per heavy atom. The van der Waals surface area contributed by atoms with Gasteiger partial charge in [-0.25, -0.2) is 0 Å². The molecular weight excluding hydrogens is 244 g/mol. The summed E-state index contributed by atoms with van der Waals surface area (Å²) in [6, 6.07) is 5.77. The molecule has 0 atom stereocenters. The lowest BCUT2D eigenvalue weighted by Gasteiger charge is -2.10. The lowest BCUT2D eigenvalue weighted by atomic mass is 10.1. The average Bonchev–Trinajstić information content (AvgIpc) is 2.88. The van der Waals surface area contributed by atoms with E-state index in [-0.39, 0.29) is 5.78 Å². The topological polar surface area (TPSA) is 26.3 Å². The van der Waals surface area contributed by atoms with Gasteiger partial charge in [0.2, 0.25) is 0 Å². The number of methoxy groups -OCH3 is 1. The Kier molecular flexibility index (Phi) is 4.70. The van der Waals surface area contributed by atoms with Crippen LogP contribution >= 0.6 is 11.8 Å². The highest BCUT2D eigenvalue weighted by molar-refractivity contribution is 8.00. The monoisotopic (exact) mass is 264 g/mol. The van der Waals surface area contributed by atoms with E-state index in [9.17, 15) is 4.79 Å². The van der Waals surface area contributed by atoms with Gasteiger partial charge >= 0.3 is 0 Å². The zero-order valence-electron chi connectivity index (χ0n) is 11.1. The first-order valence-corrected chi connectivity index (χ1v) is 7.55. The van der Waals surface area contributed by atoms with Crippen LogP contribution in [0.15, 0.2) is 18.2 Å². The third-order valence-corrected chi connectivity index (χ3v) is 4.78. The summed E-state index contributed by atoms with van der Waals surface area (Å²) >= 11 is 1.81. The number of carbonyl (C=O) groups is 1. The fourth-order valence-corrected chi connectivity index (χ4v) is 3.56. The summed E-state index contributed by atoms with van der Waals surface area (Å²) in [5, 5.41) is 0.686. The molecule has 0 bridgehead atoms. The minimum absolute atomic E-state index is 0.184. The second kappa shape index (κ2) is 6.28. The summed E-state index contributed by atoms with van der Waals surface area (Å²) in [4.78, 5) is 12.2. The molecule has 0 amide bonds. The molecule has 0 unspecified atom stereocenters. The Hall–Kier alpha value is -0.960. The first kappa shape index (κ1) is 13.5. The number of hydrogen-bond donors (Lipinski definition) is 0. The molecule has 0 N–H and O–H groups in total. The standard InChI is InChI=1S/C15H20O2S/c1-11-7-8-13(15(9-11)17-2)14(16)10-18-12-5-3-4-6-12/h7-9,12H,3-6,10H2,1-2H3. The van der Waals surface area contributed by atoms with E-state index in [4.69, 9.17) is 4.74 Å². The molecular formula is C15H20O2S. The quantitative estimate of drug-likeness (QED) is 0.755. The van der Waals surface area contributed by atoms with Gasteiger partial charge in [0.15, 0.2) is 5.78 Å². The molecule has 1 aliphatic rings. The maximum Gasteiger partial charge on any atom is 0.176 e. The van der Waals surface area contributed by atoms with E-state index in [2.05, 4.69) is 0 Å². The molecule has 0 saturated heterocycles. The Labute approximate surface area is 113 Å². The first-order valence-electron chi connectivity index (χ1n) is 6.50. The highest BCUT2D eigenvalue weighted by Gasteiger charge is 2.18. The normalized spacial score (nSPS) is 15.9. The summed E-state index contributed by atoms with van der Waals surface area (Å²) in [5.74, 6) is 1.46. The fourth-order valence-electron chi connectivity index (χ4n) is 2.36. The molecule has 3 heteroatoms. The second-order valence-electron chi connectivity index (χ2n) is 4.84. The van der Waals surface area contributed by atoms with Crippen molar-refractivity contribution in [3.05, 3.63) is 29.3 Å². The maximum atomic E-state index is 12.2. The first-order chi connectivity index (χ1) is 8.70. The van der Waals surface area contributed by atoms with Crippen LogP contribution in [0.5, 0.6) is 5.75 Å². The van der Waals surface area contributed by atoms with Gasteiger partial charge in [0, 0.05) is 5.25 Å². The SMILES string of the molecule is COc1cc(C)ccc1C(=O)CSC1CCCC1. The Morgan fingerprint density at radius 2 is 2.11 bits per heavy atom. The van der Waals surface area contributed by atoms with Gasteiger partial charge in [0.05, 0.1) is 18.4 Å². The molecule has 2 rings (SSSR count). The van der Waals surface area contributed by atoms with Crippen LogP contribution in [0.4, 0.5) is 0 Å². The van der Waals surface area contributed by atoms with E-state index >= 15 is 0 Å². The Balaban J connectivity index is 1.99. The fraction of sp³-hybridized carbons (Fsp3) is 0.533. The van der Waals surface area contributed by atoms with E-state index in [0.717, 1.165) is 5.56 Å². The third kappa shape index (κ3) is 3.29. The highest BCUT2D eigenvalue weighted by Crippen LogP contribution is 2.30. The number of carbonyl (C=O) groups excluding carboxylic acids is 1. The minimum atomic E-state index is 0.184. The third-order valence-electron chi connectivity index (χ3n) is 3.41. The van der Waals surface area contributed by atoms with E-state index in [1.165, 1.54) is 25.7 Å². The molecule has 1 aromatic carbocycles. The van der Waals surface area contributed by atoms with Crippen LogP contribution in [-0.4, -0.2) is 23.9 Å². The lowest BCUT2D eigenvalue weighted by Crippen LogP contribution is -2.08. The van der Waals surface area contributed by atoms with Crippen molar-refractivity contribution in [3.63, 3.8) is 0 Å². The van der Waals surface area contributed by atoms with Crippen LogP contribution in [-0.2, 0) is 0 Å². The van der Waals surface area contributed by atoms with Crippen molar-refractivity contribution >= 4 is 17.5 Å². The molecule has 0 spiro atoms. The van der Waals surface area contributed by atoms with Crippen LogP contribution in [0.25, 0.3) is 0 Å². The number of rotatable bonds is 5. The van der Waals surface area contributed by atoms with E-state index in [1.54, 1.807) is 18.9 Å². The molecule has 98 valence electrons. The van der Waals surface area contributed by atoms with Gasteiger partial charge in [-0.05, 0) is 37.5 Å². The number of Topliss-reactive ketones (excluding diaryl/α,β-unsaturated/α-hetero) is 1. The molecule has 18 heavy (non-hydrogen) atoms. The number of ether oxygens (including phenoxy) is 1. The zero-order chi connectivity index (χ0) is 13.0. The molecule has 1 aromatic rings. The number of aryl methyl sites for hydroxylation is 1. The lowest BCUT2D eigenvalue weighted by molar-refractivity contribution is 0.101. The van der Waals surface area contributed by atoms with Gasteiger partial charge < -0.3 is 4.74 Å². The van der Waals surface area contributed by atoms with Crippen molar-refractivity contribution in [2.24, 2.45) is 0 Å². The van der Waals surface area contributed by atoms with Crippen molar-refractivity contribution in [2.75, 3.05) is 12.9 Å². The van der Waals surface area contributed by atoms with Crippen LogP contribution in [0.3, 0.4) is 0 Å². The maximum absolute atomic E-state index is 12.2. The van der Waals surface area contributed by atoms with Crippen LogP contribution in [0.1, 0.15) is 41.6 Å².